The van der Waals surface area contributed by atoms with Crippen molar-refractivity contribution >= 4 is 29.7 Å². The molecule has 0 aliphatic rings. The monoisotopic (exact) mass is 594 g/mol. The van der Waals surface area contributed by atoms with E-state index in [2.05, 4.69) is 25.9 Å². The van der Waals surface area contributed by atoms with Crippen molar-refractivity contribution in [2.75, 3.05) is 0 Å². The third-order valence-corrected chi connectivity index (χ3v) is 6.52. The highest BCUT2D eigenvalue weighted by Crippen LogP contribution is 2.13. The third kappa shape index (κ3) is 10.6. The van der Waals surface area contributed by atoms with E-state index in [-0.39, 0.29) is 37.9 Å². The highest BCUT2D eigenvalue weighted by Gasteiger charge is 2.31. The van der Waals surface area contributed by atoms with Crippen LogP contribution in [0.3, 0.4) is 0 Å². The number of nitrogens with two attached hydrogens (primary N) is 1. The number of nitrogens with one attached hydrogen (secondary N) is 4. The summed E-state index contributed by atoms with van der Waals surface area (Å²) in [5.74, 6) is -4.73. The molecule has 43 heavy (non-hydrogen) atoms. The molecule has 3 amide bonds. The summed E-state index contributed by atoms with van der Waals surface area (Å²) in [5, 5.41) is 35.9. The number of aromatic amines is 1. The van der Waals surface area contributed by atoms with Gasteiger partial charge in [0.1, 0.15) is 23.9 Å². The molecule has 228 valence electrons. The van der Waals surface area contributed by atoms with Crippen molar-refractivity contribution in [3.63, 3.8) is 0 Å². The lowest BCUT2D eigenvalue weighted by molar-refractivity contribution is -0.142. The van der Waals surface area contributed by atoms with Crippen molar-refractivity contribution < 1.29 is 39.3 Å². The average molecular weight is 595 g/mol. The molecule has 4 unspecified atom stereocenters. The molecule has 14 heteroatoms. The zero-order valence-corrected chi connectivity index (χ0v) is 23.1. The quantitative estimate of drug-likeness (QED) is 0.109. The Morgan fingerprint density at radius 3 is 1.86 bits per heavy atom. The van der Waals surface area contributed by atoms with Gasteiger partial charge in [0.05, 0.1) is 12.4 Å². The van der Waals surface area contributed by atoms with Crippen molar-refractivity contribution in [2.24, 2.45) is 5.73 Å². The standard InChI is InChI=1S/C29H34N6O8/c30-21(10-11-25(37)38)26(39)33-22(13-18-6-8-20(36)9-7-18)27(40)34-23(12-17-4-2-1-3-5-17)28(41)35-24(29(42)43)14-19-15-31-16-32-19/h1-9,15-16,21-24,36H,10-14,30H2,(H,31,32)(H,33,39)(H,34,40)(H,35,41)(H,37,38)(H,42,43). The molecule has 0 radical (unpaired) electrons. The summed E-state index contributed by atoms with van der Waals surface area (Å²) in [4.78, 5) is 69.3. The Kier molecular flexibility index (Phi) is 11.8. The first-order chi connectivity index (χ1) is 20.5. The second kappa shape index (κ2) is 15.7. The van der Waals surface area contributed by atoms with E-state index in [9.17, 15) is 34.2 Å². The maximum Gasteiger partial charge on any atom is 0.326 e. The van der Waals surface area contributed by atoms with Gasteiger partial charge in [0.15, 0.2) is 0 Å². The van der Waals surface area contributed by atoms with Crippen LogP contribution in [0.4, 0.5) is 0 Å². The number of aromatic hydroxyl groups is 1. The summed E-state index contributed by atoms with van der Waals surface area (Å²) < 4.78 is 0. The van der Waals surface area contributed by atoms with Gasteiger partial charge in [-0.05, 0) is 29.7 Å². The third-order valence-electron chi connectivity index (χ3n) is 6.52. The Labute approximate surface area is 246 Å². The maximum absolute atomic E-state index is 13.6. The van der Waals surface area contributed by atoms with Gasteiger partial charge in [0.25, 0.3) is 0 Å². The number of carboxylic acid groups (broad SMARTS) is 2. The van der Waals surface area contributed by atoms with Crippen LogP contribution in [0.5, 0.6) is 5.75 Å². The molecule has 0 aliphatic heterocycles. The number of carbonyl (C=O) groups excluding carboxylic acids is 3. The molecule has 0 aliphatic carbocycles. The minimum atomic E-state index is -1.33. The predicted octanol–water partition coefficient (Wildman–Crippen LogP) is -0.126. The van der Waals surface area contributed by atoms with E-state index in [1.165, 1.54) is 24.7 Å². The molecule has 14 nitrogen and oxygen atoms in total. The van der Waals surface area contributed by atoms with Crippen LogP contribution in [-0.2, 0) is 43.2 Å². The summed E-state index contributed by atoms with van der Waals surface area (Å²) in [6.45, 7) is 0. The normalized spacial score (nSPS) is 13.6. The number of imidazole rings is 1. The van der Waals surface area contributed by atoms with Gasteiger partial charge in [-0.15, -0.1) is 0 Å². The van der Waals surface area contributed by atoms with Crippen LogP contribution in [0, 0.1) is 0 Å². The fraction of sp³-hybridized carbons (Fsp3) is 0.310. The molecule has 4 atom stereocenters. The molecule has 1 heterocycles. The second-order valence-corrected chi connectivity index (χ2v) is 9.90. The number of benzene rings is 2. The number of phenols is 1. The highest BCUT2D eigenvalue weighted by atomic mass is 16.4. The van der Waals surface area contributed by atoms with Gasteiger partial charge in [0, 0.05) is 37.6 Å². The first-order valence-corrected chi connectivity index (χ1v) is 13.4. The number of nitrogens with zero attached hydrogens (tertiary/aromatic N) is 1. The molecule has 9 N–H and O–H groups in total. The Morgan fingerprint density at radius 2 is 1.33 bits per heavy atom. The Hall–Kier alpha value is -5.24. The van der Waals surface area contributed by atoms with E-state index < -0.39 is 53.8 Å². The van der Waals surface area contributed by atoms with Crippen molar-refractivity contribution in [3.05, 3.63) is 83.9 Å². The Morgan fingerprint density at radius 1 is 0.767 bits per heavy atom. The number of carbonyl (C=O) groups is 5. The lowest BCUT2D eigenvalue weighted by Gasteiger charge is -2.25. The van der Waals surface area contributed by atoms with E-state index in [1.807, 2.05) is 0 Å². The summed E-state index contributed by atoms with van der Waals surface area (Å²) in [6.07, 6.45) is 2.16. The number of amides is 3. The van der Waals surface area contributed by atoms with Crippen LogP contribution in [0.25, 0.3) is 0 Å². The van der Waals surface area contributed by atoms with Crippen molar-refractivity contribution in [1.82, 2.24) is 25.9 Å². The van der Waals surface area contributed by atoms with Crippen LogP contribution in [0.15, 0.2) is 67.1 Å². The van der Waals surface area contributed by atoms with Gasteiger partial charge < -0.3 is 42.0 Å². The lowest BCUT2D eigenvalue weighted by Crippen LogP contribution is -2.58. The number of hydrogen-bond acceptors (Lipinski definition) is 8. The summed E-state index contributed by atoms with van der Waals surface area (Å²) in [7, 11) is 0. The first-order valence-electron chi connectivity index (χ1n) is 13.4. The highest BCUT2D eigenvalue weighted by molar-refractivity contribution is 5.94. The SMILES string of the molecule is NC(CCC(=O)O)C(=O)NC(Cc1ccc(O)cc1)C(=O)NC(Cc1ccccc1)C(=O)NC(Cc1cnc[nH]1)C(=O)O. The first kappa shape index (κ1) is 32.3. The van der Waals surface area contributed by atoms with E-state index in [4.69, 9.17) is 10.8 Å². The molecule has 1 aromatic heterocycles. The molecule has 0 saturated carbocycles. The van der Waals surface area contributed by atoms with Gasteiger partial charge in [-0.2, -0.15) is 0 Å². The average Bonchev–Trinajstić information content (AvgIpc) is 3.49. The van der Waals surface area contributed by atoms with E-state index in [0.717, 1.165) is 0 Å². The van der Waals surface area contributed by atoms with Gasteiger partial charge in [-0.25, -0.2) is 9.78 Å². The number of aromatic nitrogens is 2. The zero-order chi connectivity index (χ0) is 31.4. The predicted molar refractivity (Wildman–Crippen MR) is 153 cm³/mol. The van der Waals surface area contributed by atoms with Crippen molar-refractivity contribution in [2.45, 2.75) is 56.3 Å². The maximum atomic E-state index is 13.6. The van der Waals surface area contributed by atoms with Crippen molar-refractivity contribution in [3.8, 4) is 5.75 Å². The number of phenolic OH excluding ortho intramolecular Hbond substituents is 1. The van der Waals surface area contributed by atoms with E-state index >= 15 is 0 Å². The van der Waals surface area contributed by atoms with Crippen LogP contribution in [0.1, 0.15) is 29.7 Å². The fourth-order valence-electron chi connectivity index (χ4n) is 4.19. The number of aliphatic carboxylic acids is 2. The molecular formula is C29H34N6O8. The van der Waals surface area contributed by atoms with Crippen LogP contribution in [0.2, 0.25) is 0 Å². The van der Waals surface area contributed by atoms with Gasteiger partial charge in [0.2, 0.25) is 17.7 Å². The van der Waals surface area contributed by atoms with E-state index in [1.54, 1.807) is 42.5 Å². The number of H-pyrrole nitrogens is 1. The number of hydrogen-bond donors (Lipinski definition) is 8. The molecule has 3 rings (SSSR count). The van der Waals surface area contributed by atoms with Gasteiger partial charge in [-0.3, -0.25) is 19.2 Å². The molecule has 0 saturated heterocycles. The van der Waals surface area contributed by atoms with Crippen LogP contribution >= 0.6 is 0 Å². The van der Waals surface area contributed by atoms with Crippen molar-refractivity contribution in [1.29, 1.82) is 0 Å². The fourth-order valence-corrected chi connectivity index (χ4v) is 4.19. The van der Waals surface area contributed by atoms with Crippen LogP contribution in [-0.4, -0.2) is 79.1 Å². The Bertz CT molecular complexity index is 1380. The largest absolute Gasteiger partial charge is 0.508 e. The van der Waals surface area contributed by atoms with E-state index in [0.29, 0.717) is 16.8 Å². The molecule has 0 fully saturated rings. The Balaban J connectivity index is 1.83. The molecule has 0 bridgehead atoms. The van der Waals surface area contributed by atoms with Crippen LogP contribution < -0.4 is 21.7 Å². The zero-order valence-electron chi connectivity index (χ0n) is 23.1. The topological polar surface area (TPSA) is 237 Å². The smallest absolute Gasteiger partial charge is 0.326 e. The lowest BCUT2D eigenvalue weighted by atomic mass is 10.0. The summed E-state index contributed by atoms with van der Waals surface area (Å²) >= 11 is 0. The number of rotatable bonds is 16. The molecular weight excluding hydrogens is 560 g/mol. The number of carboxylic acids is 2. The van der Waals surface area contributed by atoms with Gasteiger partial charge >= 0.3 is 11.9 Å². The van der Waals surface area contributed by atoms with Gasteiger partial charge in [-0.1, -0.05) is 42.5 Å². The molecule has 3 aromatic rings. The molecule has 0 spiro atoms. The molecule has 2 aromatic carbocycles. The second-order valence-electron chi connectivity index (χ2n) is 9.90. The minimum Gasteiger partial charge on any atom is -0.508 e. The summed E-state index contributed by atoms with van der Waals surface area (Å²) in [6, 6.07) is 9.62. The summed E-state index contributed by atoms with van der Waals surface area (Å²) in [5.41, 5.74) is 7.57. The minimum absolute atomic E-state index is 0.00676.